The van der Waals surface area contributed by atoms with Crippen LogP contribution in [0.3, 0.4) is 0 Å². The minimum Gasteiger partial charge on any atom is -0.476 e. The third-order valence-corrected chi connectivity index (χ3v) is 2.87. The van der Waals surface area contributed by atoms with Crippen LogP contribution in [0.15, 0.2) is 29.2 Å². The number of nitrogens with zero attached hydrogens (tertiary/aromatic N) is 2. The maximum absolute atomic E-state index is 13.4. The van der Waals surface area contributed by atoms with Gasteiger partial charge < -0.3 is 5.11 Å². The van der Waals surface area contributed by atoms with Gasteiger partial charge in [-0.05, 0) is 37.1 Å². The molecule has 2 aromatic rings. The lowest BCUT2D eigenvalue weighted by Crippen LogP contribution is -2.24. The van der Waals surface area contributed by atoms with Crippen LogP contribution in [0.5, 0.6) is 0 Å². The van der Waals surface area contributed by atoms with E-state index >= 15 is 0 Å². The fourth-order valence-corrected chi connectivity index (χ4v) is 1.91. The Kier molecular flexibility index (Phi) is 3.65. The molecule has 0 fully saturated rings. The van der Waals surface area contributed by atoms with Crippen molar-refractivity contribution in [2.75, 3.05) is 0 Å². The molecule has 0 aliphatic heterocycles. The van der Waals surface area contributed by atoms with Crippen molar-refractivity contribution in [3.05, 3.63) is 57.3 Å². The highest BCUT2D eigenvalue weighted by molar-refractivity contribution is 5.85. The van der Waals surface area contributed by atoms with E-state index in [9.17, 15) is 14.0 Å². The zero-order valence-corrected chi connectivity index (χ0v) is 11.1. The Morgan fingerprint density at radius 3 is 2.65 bits per heavy atom. The van der Waals surface area contributed by atoms with Crippen molar-refractivity contribution >= 4 is 5.97 Å². The molecule has 1 aromatic heterocycles. The van der Waals surface area contributed by atoms with Crippen LogP contribution in [-0.2, 0) is 6.42 Å². The molecule has 0 aliphatic rings. The lowest BCUT2D eigenvalue weighted by molar-refractivity contribution is 0.0686. The first-order valence-electron chi connectivity index (χ1n) is 6.06. The summed E-state index contributed by atoms with van der Waals surface area (Å²) in [5, 5.41) is 12.8. The van der Waals surface area contributed by atoms with E-state index in [1.807, 2.05) is 0 Å². The fourth-order valence-electron chi connectivity index (χ4n) is 1.91. The van der Waals surface area contributed by atoms with Crippen LogP contribution in [0.25, 0.3) is 5.69 Å². The van der Waals surface area contributed by atoms with Crippen molar-refractivity contribution in [3.63, 3.8) is 0 Å². The van der Waals surface area contributed by atoms with Gasteiger partial charge in [0.15, 0.2) is 0 Å². The molecule has 0 spiro atoms. The second-order valence-electron chi connectivity index (χ2n) is 4.42. The van der Waals surface area contributed by atoms with Gasteiger partial charge in [0.1, 0.15) is 5.82 Å². The average molecular weight is 276 g/mol. The standard InChI is InChI=1S/C14H13FN2O3/c1-3-9-7-17(16-12(13(9)18)14(19)20)11-5-8(2)4-10(15)6-11/h4-7H,3H2,1-2H3,(H,19,20). The van der Waals surface area contributed by atoms with Crippen molar-refractivity contribution in [2.24, 2.45) is 0 Å². The highest BCUT2D eigenvalue weighted by atomic mass is 19.1. The number of aromatic nitrogens is 2. The van der Waals surface area contributed by atoms with E-state index in [1.54, 1.807) is 19.9 Å². The van der Waals surface area contributed by atoms with Gasteiger partial charge in [-0.2, -0.15) is 5.10 Å². The van der Waals surface area contributed by atoms with E-state index < -0.39 is 22.9 Å². The third-order valence-electron chi connectivity index (χ3n) is 2.87. The molecule has 2 rings (SSSR count). The topological polar surface area (TPSA) is 72.2 Å². The number of carboxylic acids is 1. The molecule has 0 aliphatic carbocycles. The number of aryl methyl sites for hydroxylation is 2. The number of hydrogen-bond acceptors (Lipinski definition) is 3. The van der Waals surface area contributed by atoms with E-state index in [0.29, 0.717) is 23.2 Å². The molecular formula is C14H13FN2O3. The number of rotatable bonds is 3. The number of hydrogen-bond donors (Lipinski definition) is 1. The van der Waals surface area contributed by atoms with Gasteiger partial charge in [-0.1, -0.05) is 6.92 Å². The summed E-state index contributed by atoms with van der Waals surface area (Å²) in [6, 6.07) is 4.24. The van der Waals surface area contributed by atoms with Gasteiger partial charge in [0.05, 0.1) is 5.69 Å². The summed E-state index contributed by atoms with van der Waals surface area (Å²) in [5.41, 5.74) is 0.199. The van der Waals surface area contributed by atoms with Crippen molar-refractivity contribution in [1.82, 2.24) is 9.78 Å². The van der Waals surface area contributed by atoms with E-state index in [-0.39, 0.29) is 0 Å². The second kappa shape index (κ2) is 5.24. The smallest absolute Gasteiger partial charge is 0.360 e. The summed E-state index contributed by atoms with van der Waals surface area (Å²) in [7, 11) is 0. The van der Waals surface area contributed by atoms with Crippen LogP contribution in [-0.4, -0.2) is 20.9 Å². The number of carbonyl (C=O) groups is 1. The zero-order chi connectivity index (χ0) is 14.9. The highest BCUT2D eigenvalue weighted by Gasteiger charge is 2.15. The maximum atomic E-state index is 13.4. The van der Waals surface area contributed by atoms with Crippen LogP contribution >= 0.6 is 0 Å². The van der Waals surface area contributed by atoms with E-state index in [2.05, 4.69) is 5.10 Å². The van der Waals surface area contributed by atoms with Gasteiger partial charge in [-0.15, -0.1) is 0 Å². The summed E-state index contributed by atoms with van der Waals surface area (Å²) in [4.78, 5) is 22.9. The lowest BCUT2D eigenvalue weighted by atomic mass is 10.2. The normalized spacial score (nSPS) is 10.6. The molecule has 1 heterocycles. The molecule has 0 saturated carbocycles. The molecule has 1 N–H and O–H groups in total. The van der Waals surface area contributed by atoms with Crippen LogP contribution < -0.4 is 5.43 Å². The van der Waals surface area contributed by atoms with Crippen LogP contribution in [0.2, 0.25) is 0 Å². The quantitative estimate of drug-likeness (QED) is 0.929. The third kappa shape index (κ3) is 2.59. The van der Waals surface area contributed by atoms with Gasteiger partial charge in [0, 0.05) is 11.8 Å². The largest absolute Gasteiger partial charge is 0.476 e. The molecule has 0 bridgehead atoms. The SMILES string of the molecule is CCc1cn(-c2cc(C)cc(F)c2)nc(C(=O)O)c1=O. The fraction of sp³-hybridized carbons (Fsp3) is 0.214. The maximum Gasteiger partial charge on any atom is 0.360 e. The van der Waals surface area contributed by atoms with Crippen LogP contribution in [0.1, 0.15) is 28.5 Å². The first-order chi connectivity index (χ1) is 9.42. The summed E-state index contributed by atoms with van der Waals surface area (Å²) >= 11 is 0. The minimum absolute atomic E-state index is 0.319. The van der Waals surface area contributed by atoms with Gasteiger partial charge in [-0.3, -0.25) is 4.79 Å². The van der Waals surface area contributed by atoms with Crippen LogP contribution in [0.4, 0.5) is 4.39 Å². The minimum atomic E-state index is -1.40. The molecule has 20 heavy (non-hydrogen) atoms. The molecule has 0 atom stereocenters. The summed E-state index contributed by atoms with van der Waals surface area (Å²) < 4.78 is 14.6. The van der Waals surface area contributed by atoms with E-state index in [0.717, 1.165) is 0 Å². The van der Waals surface area contributed by atoms with Gasteiger partial charge in [0.25, 0.3) is 0 Å². The Morgan fingerprint density at radius 2 is 2.10 bits per heavy atom. The van der Waals surface area contributed by atoms with Gasteiger partial charge in [0.2, 0.25) is 11.1 Å². The number of halogens is 1. The molecule has 0 amide bonds. The van der Waals surface area contributed by atoms with Gasteiger partial charge in [-0.25, -0.2) is 13.9 Å². The van der Waals surface area contributed by atoms with Crippen molar-refractivity contribution < 1.29 is 14.3 Å². The Hall–Kier alpha value is -2.50. The predicted molar refractivity (Wildman–Crippen MR) is 70.9 cm³/mol. The number of aromatic carboxylic acids is 1. The van der Waals surface area contributed by atoms with E-state index in [1.165, 1.54) is 23.0 Å². The predicted octanol–water partition coefficient (Wildman–Crippen LogP) is 1.94. The molecule has 6 heteroatoms. The molecular weight excluding hydrogens is 263 g/mol. The Bertz CT molecular complexity index is 717. The lowest BCUT2D eigenvalue weighted by Gasteiger charge is -2.09. The number of benzene rings is 1. The molecule has 0 unspecified atom stereocenters. The Morgan fingerprint density at radius 1 is 1.40 bits per heavy atom. The van der Waals surface area contributed by atoms with Gasteiger partial charge >= 0.3 is 5.97 Å². The van der Waals surface area contributed by atoms with Crippen molar-refractivity contribution in [1.29, 1.82) is 0 Å². The molecule has 0 radical (unpaired) electrons. The highest BCUT2D eigenvalue weighted by Crippen LogP contribution is 2.12. The number of carboxylic acid groups (broad SMARTS) is 1. The Labute approximate surface area is 114 Å². The first-order valence-corrected chi connectivity index (χ1v) is 6.06. The van der Waals surface area contributed by atoms with E-state index in [4.69, 9.17) is 5.11 Å². The van der Waals surface area contributed by atoms with Crippen molar-refractivity contribution in [3.8, 4) is 5.69 Å². The zero-order valence-electron chi connectivity index (χ0n) is 11.1. The second-order valence-corrected chi connectivity index (χ2v) is 4.42. The molecule has 0 saturated heterocycles. The van der Waals surface area contributed by atoms with Crippen molar-refractivity contribution in [2.45, 2.75) is 20.3 Å². The summed E-state index contributed by atoms with van der Waals surface area (Å²) in [6.07, 6.45) is 1.80. The first kappa shape index (κ1) is 13.9. The Balaban J connectivity index is 2.71. The monoisotopic (exact) mass is 276 g/mol. The molecule has 1 aromatic carbocycles. The molecule has 104 valence electrons. The summed E-state index contributed by atoms with van der Waals surface area (Å²) in [6.45, 7) is 3.46. The molecule has 5 nitrogen and oxygen atoms in total. The average Bonchev–Trinajstić information content (AvgIpc) is 2.37. The van der Waals surface area contributed by atoms with Crippen LogP contribution in [0, 0.1) is 12.7 Å². The summed E-state index contributed by atoms with van der Waals surface area (Å²) in [5.74, 6) is -1.84.